The number of nitrogens with zero attached hydrogens (tertiary/aromatic N) is 3. The second kappa shape index (κ2) is 8.10. The summed E-state index contributed by atoms with van der Waals surface area (Å²) in [6.07, 6.45) is 2.03. The second-order valence-corrected chi connectivity index (χ2v) is 4.90. The molecule has 0 saturated heterocycles. The van der Waals surface area contributed by atoms with Gasteiger partial charge < -0.3 is 10.2 Å². The van der Waals surface area contributed by atoms with Crippen LogP contribution in [0.25, 0.3) is 0 Å². The van der Waals surface area contributed by atoms with E-state index in [9.17, 15) is 0 Å². The third-order valence-corrected chi connectivity index (χ3v) is 3.52. The van der Waals surface area contributed by atoms with Crippen LogP contribution in [0.3, 0.4) is 0 Å². The predicted octanol–water partition coefficient (Wildman–Crippen LogP) is 2.80. The number of rotatable bonds is 8. The lowest BCUT2D eigenvalue weighted by molar-refractivity contribution is 0.305. The first-order chi connectivity index (χ1) is 9.12. The molecule has 0 radical (unpaired) electrons. The number of aromatic nitrogens is 2. The number of likely N-dealkylation sites (N-methyl/N-ethyl adjacent to an activating group) is 1. The van der Waals surface area contributed by atoms with Crippen LogP contribution in [0.2, 0.25) is 0 Å². The highest BCUT2D eigenvalue weighted by atomic mass is 15.1. The molecule has 1 N–H and O–H groups in total. The van der Waals surface area contributed by atoms with E-state index >= 15 is 0 Å². The van der Waals surface area contributed by atoms with Crippen LogP contribution < -0.4 is 5.32 Å². The Morgan fingerprint density at radius 2 is 1.74 bits per heavy atom. The van der Waals surface area contributed by atoms with Gasteiger partial charge in [0.1, 0.15) is 11.6 Å². The summed E-state index contributed by atoms with van der Waals surface area (Å²) in [6.45, 7) is 14.9. The highest BCUT2D eigenvalue weighted by Crippen LogP contribution is 2.15. The Hall–Kier alpha value is -1.16. The lowest BCUT2D eigenvalue weighted by Gasteiger charge is -2.18. The topological polar surface area (TPSA) is 41.1 Å². The van der Waals surface area contributed by atoms with E-state index in [2.05, 4.69) is 54.8 Å². The summed E-state index contributed by atoms with van der Waals surface area (Å²) in [7, 11) is 0. The minimum Gasteiger partial charge on any atom is -0.370 e. The molecule has 0 aliphatic rings. The predicted molar refractivity (Wildman–Crippen MR) is 81.8 cm³/mol. The summed E-state index contributed by atoms with van der Waals surface area (Å²) in [5.41, 5.74) is 2.25. The van der Waals surface area contributed by atoms with Crippen molar-refractivity contribution in [3.63, 3.8) is 0 Å². The molecule has 0 saturated carbocycles. The van der Waals surface area contributed by atoms with Gasteiger partial charge in [-0.05, 0) is 33.4 Å². The number of aryl methyl sites for hydroxylation is 1. The number of nitrogens with one attached hydrogen (secondary N) is 1. The van der Waals surface area contributed by atoms with Crippen LogP contribution in [0.15, 0.2) is 0 Å². The van der Waals surface area contributed by atoms with Crippen LogP contribution in [0.4, 0.5) is 5.82 Å². The molecule has 1 aromatic heterocycles. The van der Waals surface area contributed by atoms with Crippen molar-refractivity contribution in [2.45, 2.75) is 47.5 Å². The van der Waals surface area contributed by atoms with Crippen LogP contribution >= 0.6 is 0 Å². The van der Waals surface area contributed by atoms with Crippen molar-refractivity contribution in [1.29, 1.82) is 0 Å². The van der Waals surface area contributed by atoms with E-state index in [0.717, 1.165) is 56.4 Å². The fourth-order valence-corrected chi connectivity index (χ4v) is 2.01. The Bertz CT molecular complexity index is 386. The van der Waals surface area contributed by atoms with Crippen molar-refractivity contribution in [1.82, 2.24) is 14.9 Å². The quantitative estimate of drug-likeness (QED) is 0.784. The average Bonchev–Trinajstić information content (AvgIpc) is 2.42. The number of hydrogen-bond acceptors (Lipinski definition) is 4. The Morgan fingerprint density at radius 3 is 2.32 bits per heavy atom. The third kappa shape index (κ3) is 4.78. The van der Waals surface area contributed by atoms with Gasteiger partial charge in [0.05, 0.1) is 0 Å². The molecule has 0 unspecified atom stereocenters. The van der Waals surface area contributed by atoms with E-state index in [1.807, 2.05) is 0 Å². The van der Waals surface area contributed by atoms with E-state index in [1.54, 1.807) is 0 Å². The summed E-state index contributed by atoms with van der Waals surface area (Å²) < 4.78 is 0. The zero-order chi connectivity index (χ0) is 14.3. The van der Waals surface area contributed by atoms with E-state index in [-0.39, 0.29) is 0 Å². The molecular weight excluding hydrogens is 236 g/mol. The molecule has 0 atom stereocenters. The normalized spacial score (nSPS) is 11.1. The van der Waals surface area contributed by atoms with E-state index in [4.69, 9.17) is 0 Å². The van der Waals surface area contributed by atoms with Gasteiger partial charge in [-0.2, -0.15) is 0 Å². The molecule has 19 heavy (non-hydrogen) atoms. The second-order valence-electron chi connectivity index (χ2n) is 4.90. The summed E-state index contributed by atoms with van der Waals surface area (Å²) >= 11 is 0. The fourth-order valence-electron chi connectivity index (χ4n) is 2.01. The molecular formula is C15H28N4. The van der Waals surface area contributed by atoms with Crippen molar-refractivity contribution in [3.8, 4) is 0 Å². The van der Waals surface area contributed by atoms with Gasteiger partial charge in [0, 0.05) is 30.8 Å². The zero-order valence-electron chi connectivity index (χ0n) is 13.1. The summed E-state index contributed by atoms with van der Waals surface area (Å²) in [6, 6.07) is 0. The van der Waals surface area contributed by atoms with Crippen LogP contribution in [-0.4, -0.2) is 41.0 Å². The molecule has 0 aliphatic heterocycles. The molecule has 1 heterocycles. The van der Waals surface area contributed by atoms with E-state index in [1.165, 1.54) is 5.56 Å². The van der Waals surface area contributed by atoms with Crippen molar-refractivity contribution in [2.24, 2.45) is 0 Å². The maximum Gasteiger partial charge on any atom is 0.132 e. The minimum absolute atomic E-state index is 0.920. The first kappa shape index (κ1) is 15.9. The SMILES string of the molecule is CCCNc1nc(CCN(CC)CC)nc(C)c1C. The average molecular weight is 264 g/mol. The molecule has 0 spiro atoms. The molecule has 0 fully saturated rings. The standard InChI is InChI=1S/C15H28N4/c1-6-10-16-15-12(4)13(5)17-14(18-15)9-11-19(7-2)8-3/h6-11H2,1-5H3,(H,16,17,18). The van der Waals surface area contributed by atoms with Gasteiger partial charge in [0.15, 0.2) is 0 Å². The Kier molecular flexibility index (Phi) is 6.78. The van der Waals surface area contributed by atoms with Gasteiger partial charge >= 0.3 is 0 Å². The third-order valence-electron chi connectivity index (χ3n) is 3.52. The molecule has 108 valence electrons. The van der Waals surface area contributed by atoms with Crippen molar-refractivity contribution < 1.29 is 0 Å². The highest BCUT2D eigenvalue weighted by molar-refractivity contribution is 5.45. The molecule has 0 amide bonds. The highest BCUT2D eigenvalue weighted by Gasteiger charge is 2.08. The fraction of sp³-hybridized carbons (Fsp3) is 0.733. The lowest BCUT2D eigenvalue weighted by atomic mass is 10.2. The van der Waals surface area contributed by atoms with Crippen molar-refractivity contribution in [2.75, 3.05) is 31.5 Å². The summed E-state index contributed by atoms with van der Waals surface area (Å²) in [5.74, 6) is 1.96. The van der Waals surface area contributed by atoms with Gasteiger partial charge in [-0.15, -0.1) is 0 Å². The van der Waals surface area contributed by atoms with Gasteiger partial charge in [0.2, 0.25) is 0 Å². The molecule has 4 heteroatoms. The van der Waals surface area contributed by atoms with Gasteiger partial charge in [0.25, 0.3) is 0 Å². The van der Waals surface area contributed by atoms with Crippen molar-refractivity contribution >= 4 is 5.82 Å². The molecule has 1 aromatic rings. The van der Waals surface area contributed by atoms with Crippen LogP contribution in [0, 0.1) is 13.8 Å². The van der Waals surface area contributed by atoms with Crippen molar-refractivity contribution in [3.05, 3.63) is 17.1 Å². The Labute approximate surface area is 117 Å². The minimum atomic E-state index is 0.920. The van der Waals surface area contributed by atoms with Crippen LogP contribution in [0.5, 0.6) is 0 Å². The molecule has 1 rings (SSSR count). The monoisotopic (exact) mass is 264 g/mol. The summed E-state index contributed by atoms with van der Waals surface area (Å²) in [4.78, 5) is 11.7. The lowest BCUT2D eigenvalue weighted by Crippen LogP contribution is -2.26. The molecule has 0 aliphatic carbocycles. The maximum absolute atomic E-state index is 4.66. The first-order valence-corrected chi connectivity index (χ1v) is 7.42. The Balaban J connectivity index is 2.75. The molecule has 0 bridgehead atoms. The van der Waals surface area contributed by atoms with Gasteiger partial charge in [-0.1, -0.05) is 20.8 Å². The van der Waals surface area contributed by atoms with Gasteiger partial charge in [-0.3, -0.25) is 0 Å². The maximum atomic E-state index is 4.66. The smallest absolute Gasteiger partial charge is 0.132 e. The van der Waals surface area contributed by atoms with E-state index in [0.29, 0.717) is 0 Å². The van der Waals surface area contributed by atoms with Crippen LogP contribution in [0.1, 0.15) is 44.3 Å². The molecule has 0 aromatic carbocycles. The largest absolute Gasteiger partial charge is 0.370 e. The van der Waals surface area contributed by atoms with Crippen LogP contribution in [-0.2, 0) is 6.42 Å². The number of anilines is 1. The van der Waals surface area contributed by atoms with E-state index < -0.39 is 0 Å². The number of hydrogen-bond donors (Lipinski definition) is 1. The Morgan fingerprint density at radius 1 is 1.05 bits per heavy atom. The summed E-state index contributed by atoms with van der Waals surface area (Å²) in [5, 5.41) is 3.39. The molecule has 4 nitrogen and oxygen atoms in total. The first-order valence-electron chi connectivity index (χ1n) is 7.42. The van der Waals surface area contributed by atoms with Gasteiger partial charge in [-0.25, -0.2) is 9.97 Å². The zero-order valence-corrected chi connectivity index (χ0v) is 13.1.